The van der Waals surface area contributed by atoms with E-state index in [0.717, 1.165) is 35.4 Å². The molecule has 0 spiro atoms. The zero-order valence-electron chi connectivity index (χ0n) is 17.6. The monoisotopic (exact) mass is 404 g/mol. The van der Waals surface area contributed by atoms with Crippen LogP contribution >= 0.6 is 0 Å². The quantitative estimate of drug-likeness (QED) is 0.654. The van der Waals surface area contributed by atoms with Gasteiger partial charge in [-0.1, -0.05) is 48.0 Å². The third-order valence-electron chi connectivity index (χ3n) is 5.89. The van der Waals surface area contributed by atoms with Gasteiger partial charge < -0.3 is 4.90 Å². The number of piperidine rings is 1. The minimum Gasteiger partial charge on any atom is -0.339 e. The molecule has 1 aliphatic rings. The molecule has 0 atom stereocenters. The number of nitrogens with zero attached hydrogens (tertiary/aromatic N) is 4. The minimum absolute atomic E-state index is 0.0606. The van der Waals surface area contributed by atoms with Gasteiger partial charge >= 0.3 is 5.69 Å². The molecule has 3 aromatic rings. The van der Waals surface area contributed by atoms with Gasteiger partial charge in [-0.2, -0.15) is 5.10 Å². The van der Waals surface area contributed by atoms with Crippen LogP contribution in [0.3, 0.4) is 0 Å². The van der Waals surface area contributed by atoms with E-state index in [0.29, 0.717) is 26.2 Å². The molecule has 2 aromatic carbocycles. The molecule has 0 unspecified atom stereocenters. The third-order valence-corrected chi connectivity index (χ3v) is 5.89. The van der Waals surface area contributed by atoms with Crippen molar-refractivity contribution >= 4 is 5.91 Å². The Labute approximate surface area is 176 Å². The first-order valence-corrected chi connectivity index (χ1v) is 10.6. The van der Waals surface area contributed by atoms with Crippen molar-refractivity contribution in [1.29, 1.82) is 0 Å². The summed E-state index contributed by atoms with van der Waals surface area (Å²) < 4.78 is 3.35. The Balaban J connectivity index is 1.47. The average molecular weight is 405 g/mol. The molecule has 1 amide bonds. The maximum Gasteiger partial charge on any atom is 0.346 e. The normalized spacial score (nSPS) is 14.8. The topological polar surface area (TPSA) is 60.1 Å². The summed E-state index contributed by atoms with van der Waals surface area (Å²) in [5.41, 5.74) is 2.88. The highest BCUT2D eigenvalue weighted by Gasteiger charge is 2.28. The number of hydrogen-bond acceptors (Lipinski definition) is 3. The Hall–Kier alpha value is -3.15. The minimum atomic E-state index is -0.0606. The van der Waals surface area contributed by atoms with Gasteiger partial charge in [0.2, 0.25) is 0 Å². The van der Waals surface area contributed by atoms with Crippen molar-refractivity contribution in [1.82, 2.24) is 19.2 Å². The summed E-state index contributed by atoms with van der Waals surface area (Å²) in [5, 5.41) is 4.70. The van der Waals surface area contributed by atoms with E-state index >= 15 is 0 Å². The van der Waals surface area contributed by atoms with E-state index in [1.807, 2.05) is 73.3 Å². The van der Waals surface area contributed by atoms with Gasteiger partial charge in [-0.15, -0.1) is 0 Å². The van der Waals surface area contributed by atoms with Crippen molar-refractivity contribution in [3.05, 3.63) is 87.6 Å². The lowest BCUT2D eigenvalue weighted by molar-refractivity contribution is 0.0710. The molecule has 6 nitrogen and oxygen atoms in total. The fraction of sp³-hybridized carbons (Fsp3) is 0.375. The van der Waals surface area contributed by atoms with Gasteiger partial charge in [-0.3, -0.25) is 9.36 Å². The van der Waals surface area contributed by atoms with Crippen LogP contribution in [0.1, 0.15) is 53.0 Å². The third kappa shape index (κ3) is 4.08. The molecule has 0 aliphatic carbocycles. The Morgan fingerprint density at radius 1 is 1.03 bits per heavy atom. The largest absolute Gasteiger partial charge is 0.346 e. The number of aryl methyl sites for hydroxylation is 1. The standard InChI is InChI=1S/C24H28N4O2/c1-3-27-22(25-28(24(27)30)17-19-7-5-4-6-8-19)20-13-15-26(16-14-20)23(29)21-11-9-18(2)10-12-21/h4-12,20H,3,13-17H2,1-2H3. The molecule has 6 heteroatoms. The van der Waals surface area contributed by atoms with E-state index in [9.17, 15) is 9.59 Å². The summed E-state index contributed by atoms with van der Waals surface area (Å²) in [6, 6.07) is 17.6. The fourth-order valence-electron chi connectivity index (χ4n) is 4.14. The molecule has 1 saturated heterocycles. The van der Waals surface area contributed by atoms with Crippen molar-refractivity contribution in [2.24, 2.45) is 0 Å². The number of amides is 1. The molecule has 2 heterocycles. The predicted octanol–water partition coefficient (Wildman–Crippen LogP) is 3.44. The van der Waals surface area contributed by atoms with E-state index in [1.165, 1.54) is 0 Å². The zero-order valence-corrected chi connectivity index (χ0v) is 17.6. The highest BCUT2D eigenvalue weighted by molar-refractivity contribution is 5.94. The molecule has 1 fully saturated rings. The van der Waals surface area contributed by atoms with E-state index < -0.39 is 0 Å². The average Bonchev–Trinajstić information content (AvgIpc) is 3.09. The summed E-state index contributed by atoms with van der Waals surface area (Å²) >= 11 is 0. The van der Waals surface area contributed by atoms with Crippen LogP contribution in [0, 0.1) is 6.92 Å². The highest BCUT2D eigenvalue weighted by atomic mass is 16.2. The molecule has 0 N–H and O–H groups in total. The van der Waals surface area contributed by atoms with Gasteiger partial charge in [0.1, 0.15) is 5.82 Å². The van der Waals surface area contributed by atoms with E-state index in [1.54, 1.807) is 9.25 Å². The molecule has 0 saturated carbocycles. The summed E-state index contributed by atoms with van der Waals surface area (Å²) in [5.74, 6) is 1.12. The molecular formula is C24H28N4O2. The Kier molecular flexibility index (Phi) is 5.84. The van der Waals surface area contributed by atoms with Gasteiger partial charge in [-0.25, -0.2) is 9.48 Å². The van der Waals surface area contributed by atoms with Crippen LogP contribution < -0.4 is 5.69 Å². The number of hydrogen-bond donors (Lipinski definition) is 0. The van der Waals surface area contributed by atoms with E-state index in [-0.39, 0.29) is 17.5 Å². The fourth-order valence-corrected chi connectivity index (χ4v) is 4.14. The van der Waals surface area contributed by atoms with Crippen molar-refractivity contribution in [2.75, 3.05) is 13.1 Å². The highest BCUT2D eigenvalue weighted by Crippen LogP contribution is 2.27. The van der Waals surface area contributed by atoms with Crippen LogP contribution in [0.4, 0.5) is 0 Å². The molecule has 1 aromatic heterocycles. The number of likely N-dealkylation sites (tertiary alicyclic amines) is 1. The van der Waals surface area contributed by atoms with Crippen LogP contribution in [0.2, 0.25) is 0 Å². The second kappa shape index (κ2) is 8.69. The molecule has 30 heavy (non-hydrogen) atoms. The number of aromatic nitrogens is 3. The van der Waals surface area contributed by atoms with Gasteiger partial charge in [0, 0.05) is 31.1 Å². The molecular weight excluding hydrogens is 376 g/mol. The molecule has 1 aliphatic heterocycles. The Morgan fingerprint density at radius 3 is 2.33 bits per heavy atom. The second-order valence-electron chi connectivity index (χ2n) is 7.96. The maximum absolute atomic E-state index is 12.9. The first-order chi connectivity index (χ1) is 14.6. The van der Waals surface area contributed by atoms with Crippen LogP contribution in [-0.4, -0.2) is 38.2 Å². The van der Waals surface area contributed by atoms with E-state index in [2.05, 4.69) is 0 Å². The van der Waals surface area contributed by atoms with Crippen LogP contribution in [0.25, 0.3) is 0 Å². The molecule has 156 valence electrons. The van der Waals surface area contributed by atoms with Gasteiger partial charge in [0.25, 0.3) is 5.91 Å². The maximum atomic E-state index is 12.9. The first-order valence-electron chi connectivity index (χ1n) is 10.6. The lowest BCUT2D eigenvalue weighted by Gasteiger charge is -2.31. The summed E-state index contributed by atoms with van der Waals surface area (Å²) in [4.78, 5) is 27.6. The van der Waals surface area contributed by atoms with Crippen molar-refractivity contribution < 1.29 is 4.79 Å². The van der Waals surface area contributed by atoms with Gasteiger partial charge in [0.15, 0.2) is 0 Å². The number of benzene rings is 2. The van der Waals surface area contributed by atoms with Crippen molar-refractivity contribution in [3.63, 3.8) is 0 Å². The second-order valence-corrected chi connectivity index (χ2v) is 7.96. The lowest BCUT2D eigenvalue weighted by Crippen LogP contribution is -2.38. The smallest absolute Gasteiger partial charge is 0.339 e. The molecule has 0 bridgehead atoms. The van der Waals surface area contributed by atoms with E-state index in [4.69, 9.17) is 5.10 Å². The SMILES string of the molecule is CCn1c(C2CCN(C(=O)c3ccc(C)cc3)CC2)nn(Cc2ccccc2)c1=O. The summed E-state index contributed by atoms with van der Waals surface area (Å²) in [6.07, 6.45) is 1.64. The Bertz CT molecular complexity index is 1060. The molecule has 0 radical (unpaired) electrons. The van der Waals surface area contributed by atoms with Crippen molar-refractivity contribution in [2.45, 2.75) is 45.7 Å². The van der Waals surface area contributed by atoms with Gasteiger partial charge in [0.05, 0.1) is 6.54 Å². The number of rotatable bonds is 5. The Morgan fingerprint density at radius 2 is 1.70 bits per heavy atom. The van der Waals surface area contributed by atoms with Gasteiger partial charge in [-0.05, 0) is 44.4 Å². The van der Waals surface area contributed by atoms with Crippen LogP contribution in [0.15, 0.2) is 59.4 Å². The summed E-state index contributed by atoms with van der Waals surface area (Å²) in [7, 11) is 0. The van der Waals surface area contributed by atoms with Crippen LogP contribution in [0.5, 0.6) is 0 Å². The predicted molar refractivity (Wildman–Crippen MR) is 117 cm³/mol. The number of carbonyl (C=O) groups excluding carboxylic acids is 1. The number of carbonyl (C=O) groups is 1. The summed E-state index contributed by atoms with van der Waals surface area (Å²) in [6.45, 7) is 6.44. The zero-order chi connectivity index (χ0) is 21.1. The lowest BCUT2D eigenvalue weighted by atomic mass is 9.95. The first kappa shape index (κ1) is 20.1. The van der Waals surface area contributed by atoms with Crippen molar-refractivity contribution in [3.8, 4) is 0 Å². The van der Waals surface area contributed by atoms with Crippen LogP contribution in [-0.2, 0) is 13.1 Å². The molecule has 4 rings (SSSR count).